The van der Waals surface area contributed by atoms with Gasteiger partial charge in [-0.15, -0.1) is 0 Å². The molecular formula is C25H30N4O4S. The van der Waals surface area contributed by atoms with E-state index in [2.05, 4.69) is 9.71 Å². The number of hydrogen-bond donors (Lipinski definition) is 3. The van der Waals surface area contributed by atoms with E-state index in [1.54, 1.807) is 30.5 Å². The summed E-state index contributed by atoms with van der Waals surface area (Å²) >= 11 is 0. The second kappa shape index (κ2) is 7.11. The molecule has 180 valence electrons. The molecule has 0 amide bonds. The minimum absolute atomic E-state index is 0.150. The smallest absolute Gasteiger partial charge is 0.274 e. The summed E-state index contributed by atoms with van der Waals surface area (Å²) in [5.41, 5.74) is 6.85. The van der Waals surface area contributed by atoms with E-state index in [4.69, 9.17) is 14.6 Å². The van der Waals surface area contributed by atoms with Crippen LogP contribution in [0.2, 0.25) is 0 Å². The third kappa shape index (κ3) is 3.62. The number of nitrogens with two attached hydrogens (primary N) is 1. The zero-order valence-electron chi connectivity index (χ0n) is 21.9. The van der Waals surface area contributed by atoms with Gasteiger partial charge in [-0.05, 0) is 68.2 Å². The first kappa shape index (κ1) is 18.5. The van der Waals surface area contributed by atoms with Gasteiger partial charge in [0, 0.05) is 57.6 Å². The molecule has 4 saturated carbocycles. The molecule has 2 atom stereocenters. The lowest BCUT2D eigenvalue weighted by Gasteiger charge is -2.60. The van der Waals surface area contributed by atoms with Crippen LogP contribution in [0.4, 0.5) is 5.69 Å². The SMILES string of the molecule is [2H]C([2H])([2H])n1cc(-c2cc(NS(C)(=O)=O)ccc2OC23CC4CC(CC(N)(C4)C2)C3)c2cc[nH]c2c1=O. The normalized spacial score (nSPS) is 31.8. The van der Waals surface area contributed by atoms with Gasteiger partial charge in [0.2, 0.25) is 10.0 Å². The quantitative estimate of drug-likeness (QED) is 0.512. The lowest BCUT2D eigenvalue weighted by Crippen LogP contribution is -2.64. The van der Waals surface area contributed by atoms with Crippen molar-refractivity contribution in [1.82, 2.24) is 9.55 Å². The average Bonchev–Trinajstić information content (AvgIpc) is 3.22. The minimum Gasteiger partial charge on any atom is -0.487 e. The number of sulfonamides is 1. The van der Waals surface area contributed by atoms with Crippen LogP contribution >= 0.6 is 0 Å². The Morgan fingerprint density at radius 1 is 1.21 bits per heavy atom. The molecule has 4 aliphatic carbocycles. The van der Waals surface area contributed by atoms with Crippen LogP contribution in [-0.4, -0.2) is 35.4 Å². The van der Waals surface area contributed by atoms with E-state index in [9.17, 15) is 13.2 Å². The number of anilines is 1. The monoisotopic (exact) mass is 485 g/mol. The number of hydrogen-bond acceptors (Lipinski definition) is 5. The molecule has 2 heterocycles. The predicted octanol–water partition coefficient (Wildman–Crippen LogP) is 3.33. The van der Waals surface area contributed by atoms with E-state index < -0.39 is 28.2 Å². The maximum atomic E-state index is 12.9. The van der Waals surface area contributed by atoms with Crippen LogP contribution in [-0.2, 0) is 17.0 Å². The van der Waals surface area contributed by atoms with Crippen LogP contribution < -0.4 is 20.8 Å². The van der Waals surface area contributed by atoms with Gasteiger partial charge in [0.15, 0.2) is 0 Å². The lowest BCUT2D eigenvalue weighted by molar-refractivity contribution is -0.117. The van der Waals surface area contributed by atoms with Crippen LogP contribution in [0.5, 0.6) is 5.75 Å². The maximum Gasteiger partial charge on any atom is 0.274 e. The Bertz CT molecular complexity index is 1560. The molecule has 3 aromatic rings. The molecule has 4 N–H and O–H groups in total. The molecule has 4 bridgehead atoms. The Morgan fingerprint density at radius 2 is 1.97 bits per heavy atom. The highest BCUT2D eigenvalue weighted by Gasteiger charge is 2.57. The minimum atomic E-state index is -3.57. The number of rotatable bonds is 5. The predicted molar refractivity (Wildman–Crippen MR) is 132 cm³/mol. The van der Waals surface area contributed by atoms with Gasteiger partial charge in [-0.1, -0.05) is 0 Å². The van der Waals surface area contributed by atoms with E-state index in [1.165, 1.54) is 12.6 Å². The van der Waals surface area contributed by atoms with Crippen LogP contribution in [0.3, 0.4) is 0 Å². The van der Waals surface area contributed by atoms with Crippen molar-refractivity contribution in [1.29, 1.82) is 0 Å². The summed E-state index contributed by atoms with van der Waals surface area (Å²) in [7, 11) is -3.57. The van der Waals surface area contributed by atoms with Crippen molar-refractivity contribution < 1.29 is 17.3 Å². The van der Waals surface area contributed by atoms with Crippen molar-refractivity contribution in [3.05, 3.63) is 47.0 Å². The first-order chi connectivity index (χ1) is 17.2. The number of aromatic amines is 1. The second-order valence-electron chi connectivity index (χ2n) is 10.7. The highest BCUT2D eigenvalue weighted by atomic mass is 32.2. The number of aromatic nitrogens is 2. The van der Waals surface area contributed by atoms with Crippen molar-refractivity contribution in [2.75, 3.05) is 11.0 Å². The van der Waals surface area contributed by atoms with Crippen LogP contribution in [0.25, 0.3) is 22.0 Å². The van der Waals surface area contributed by atoms with Gasteiger partial charge in [-0.2, -0.15) is 0 Å². The Morgan fingerprint density at radius 3 is 2.65 bits per heavy atom. The maximum absolute atomic E-state index is 12.9. The number of aryl methyl sites for hydroxylation is 1. The number of fused-ring (bicyclic) bond motifs is 1. The van der Waals surface area contributed by atoms with E-state index in [0.29, 0.717) is 39.8 Å². The summed E-state index contributed by atoms with van der Waals surface area (Å²) < 4.78 is 57.7. The fourth-order valence-corrected chi connectivity index (χ4v) is 7.63. The van der Waals surface area contributed by atoms with Crippen LogP contribution in [0.15, 0.2) is 41.5 Å². The van der Waals surface area contributed by atoms with Gasteiger partial charge in [0.1, 0.15) is 16.9 Å². The standard InChI is InChI=1S/C25H30N4O4S/c1-29-13-20(18-5-6-27-22(18)23(29)30)19-8-17(28-34(2,31)32)3-4-21(19)33-25-11-15-7-16(12-25)10-24(26,9-15)14-25/h3-6,8,13,15-16,27-28H,7,9-12,14,26H2,1-2H3/i1D3. The van der Waals surface area contributed by atoms with E-state index in [0.717, 1.165) is 42.9 Å². The van der Waals surface area contributed by atoms with Crippen molar-refractivity contribution in [3.8, 4) is 16.9 Å². The summed E-state index contributed by atoms with van der Waals surface area (Å²) in [5.74, 6) is 1.52. The number of pyridine rings is 1. The molecule has 9 heteroatoms. The summed E-state index contributed by atoms with van der Waals surface area (Å²) in [5, 5.41) is 0.521. The highest BCUT2D eigenvalue weighted by molar-refractivity contribution is 7.92. The van der Waals surface area contributed by atoms with E-state index in [1.807, 2.05) is 0 Å². The number of nitrogens with one attached hydrogen (secondary N) is 2. The number of nitrogens with zero attached hydrogens (tertiary/aromatic N) is 1. The fraction of sp³-hybridized carbons (Fsp3) is 0.480. The van der Waals surface area contributed by atoms with Crippen molar-refractivity contribution in [3.63, 3.8) is 0 Å². The Balaban J connectivity index is 1.53. The molecule has 4 aliphatic rings. The zero-order valence-corrected chi connectivity index (χ0v) is 19.7. The summed E-state index contributed by atoms with van der Waals surface area (Å²) in [6.07, 6.45) is 9.67. The third-order valence-corrected chi connectivity index (χ3v) is 8.29. The van der Waals surface area contributed by atoms with Gasteiger partial charge in [-0.3, -0.25) is 9.52 Å². The van der Waals surface area contributed by atoms with Crippen LogP contribution in [0, 0.1) is 11.8 Å². The summed E-state index contributed by atoms with van der Waals surface area (Å²) in [6.45, 7) is -2.71. The molecule has 2 unspecified atom stereocenters. The molecule has 8 nitrogen and oxygen atoms in total. The van der Waals surface area contributed by atoms with Crippen molar-refractivity contribution in [2.45, 2.75) is 49.7 Å². The Hall–Kier alpha value is -2.78. The molecule has 7 rings (SSSR count). The molecule has 0 aliphatic heterocycles. The lowest BCUT2D eigenvalue weighted by atomic mass is 9.51. The van der Waals surface area contributed by atoms with E-state index in [-0.39, 0.29) is 11.1 Å². The fourth-order valence-electron chi connectivity index (χ4n) is 7.07. The van der Waals surface area contributed by atoms with Gasteiger partial charge < -0.3 is 20.0 Å². The molecule has 34 heavy (non-hydrogen) atoms. The highest BCUT2D eigenvalue weighted by Crippen LogP contribution is 2.58. The van der Waals surface area contributed by atoms with Gasteiger partial charge in [0.05, 0.1) is 6.26 Å². The molecule has 0 spiro atoms. The Labute approximate surface area is 202 Å². The first-order valence-corrected chi connectivity index (χ1v) is 13.5. The molecule has 1 aromatic carbocycles. The molecular weight excluding hydrogens is 452 g/mol. The second-order valence-corrected chi connectivity index (χ2v) is 12.4. The van der Waals surface area contributed by atoms with Gasteiger partial charge >= 0.3 is 0 Å². The topological polar surface area (TPSA) is 119 Å². The first-order valence-electron chi connectivity index (χ1n) is 13.1. The number of ether oxygens (including phenoxy) is 1. The molecule has 2 aromatic heterocycles. The largest absolute Gasteiger partial charge is 0.487 e. The van der Waals surface area contributed by atoms with Gasteiger partial charge in [0.25, 0.3) is 5.56 Å². The summed E-state index contributed by atoms with van der Waals surface area (Å²) in [4.78, 5) is 15.8. The summed E-state index contributed by atoms with van der Waals surface area (Å²) in [6, 6.07) is 6.68. The van der Waals surface area contributed by atoms with E-state index >= 15 is 0 Å². The molecule has 0 radical (unpaired) electrons. The Kier molecular flexibility index (Phi) is 3.88. The number of benzene rings is 1. The number of H-pyrrole nitrogens is 1. The van der Waals surface area contributed by atoms with Crippen LogP contribution in [0.1, 0.15) is 42.6 Å². The van der Waals surface area contributed by atoms with Gasteiger partial charge in [-0.25, -0.2) is 8.42 Å². The van der Waals surface area contributed by atoms with Crippen molar-refractivity contribution in [2.24, 2.45) is 24.5 Å². The zero-order chi connectivity index (χ0) is 26.4. The molecule has 0 saturated heterocycles. The third-order valence-electron chi connectivity index (χ3n) is 7.68. The van der Waals surface area contributed by atoms with Crippen molar-refractivity contribution >= 4 is 26.6 Å². The molecule has 4 fully saturated rings. The average molecular weight is 486 g/mol.